The van der Waals surface area contributed by atoms with Gasteiger partial charge in [-0.3, -0.25) is 10.2 Å². The fraction of sp³-hybridized carbons (Fsp3) is 0.133. The van der Waals surface area contributed by atoms with Crippen molar-refractivity contribution in [3.8, 4) is 11.5 Å². The van der Waals surface area contributed by atoms with Crippen molar-refractivity contribution in [1.82, 2.24) is 10.3 Å². The SMILES string of the molecule is COc1ccc(S(=O)(=O)NNC(=O)COc2cccc(F)c2)cc1. The Morgan fingerprint density at radius 1 is 1.12 bits per heavy atom. The highest BCUT2D eigenvalue weighted by Crippen LogP contribution is 2.15. The summed E-state index contributed by atoms with van der Waals surface area (Å²) in [5.74, 6) is -0.589. The number of nitrogens with one attached hydrogen (secondary N) is 2. The van der Waals surface area contributed by atoms with Crippen molar-refractivity contribution in [3.05, 3.63) is 54.3 Å². The van der Waals surface area contributed by atoms with Crippen molar-refractivity contribution < 1.29 is 27.1 Å². The van der Waals surface area contributed by atoms with Gasteiger partial charge in [-0.2, -0.15) is 0 Å². The maximum Gasteiger partial charge on any atom is 0.272 e. The monoisotopic (exact) mass is 354 g/mol. The summed E-state index contributed by atoms with van der Waals surface area (Å²) in [4.78, 5) is 13.5. The summed E-state index contributed by atoms with van der Waals surface area (Å²) in [6.07, 6.45) is 0. The van der Waals surface area contributed by atoms with Gasteiger partial charge in [-0.1, -0.05) is 6.07 Å². The van der Waals surface area contributed by atoms with Crippen LogP contribution in [-0.2, 0) is 14.8 Å². The molecule has 2 aromatic rings. The molecule has 0 unspecified atom stereocenters. The molecule has 0 saturated heterocycles. The molecule has 0 radical (unpaired) electrons. The summed E-state index contributed by atoms with van der Waals surface area (Å²) < 4.78 is 46.9. The summed E-state index contributed by atoms with van der Waals surface area (Å²) in [6, 6.07) is 10.8. The highest BCUT2D eigenvalue weighted by Gasteiger charge is 2.15. The first kappa shape index (κ1) is 17.7. The van der Waals surface area contributed by atoms with Gasteiger partial charge in [0.1, 0.15) is 17.3 Å². The van der Waals surface area contributed by atoms with E-state index < -0.39 is 28.4 Å². The van der Waals surface area contributed by atoms with E-state index in [9.17, 15) is 17.6 Å². The summed E-state index contributed by atoms with van der Waals surface area (Å²) in [7, 11) is -2.46. The standard InChI is InChI=1S/C15H15FN2O5S/c1-22-12-5-7-14(8-6-12)24(20,21)18-17-15(19)10-23-13-4-2-3-11(16)9-13/h2-9,18H,10H2,1H3,(H,17,19). The molecule has 0 fully saturated rings. The Bertz CT molecular complexity index is 809. The van der Waals surface area contributed by atoms with E-state index in [-0.39, 0.29) is 10.6 Å². The number of halogens is 1. The number of rotatable bonds is 7. The molecule has 0 spiro atoms. The summed E-state index contributed by atoms with van der Waals surface area (Å²) >= 11 is 0. The zero-order valence-corrected chi connectivity index (χ0v) is 13.5. The van der Waals surface area contributed by atoms with Crippen LogP contribution in [0.25, 0.3) is 0 Å². The predicted molar refractivity (Wildman–Crippen MR) is 83.4 cm³/mol. The van der Waals surface area contributed by atoms with Gasteiger partial charge >= 0.3 is 0 Å². The zero-order chi connectivity index (χ0) is 17.6. The molecule has 0 aliphatic carbocycles. The van der Waals surface area contributed by atoms with Gasteiger partial charge in [0.25, 0.3) is 15.9 Å². The number of hydrogen-bond donors (Lipinski definition) is 2. The van der Waals surface area contributed by atoms with Crippen molar-refractivity contribution >= 4 is 15.9 Å². The van der Waals surface area contributed by atoms with Crippen LogP contribution in [0.15, 0.2) is 53.4 Å². The second kappa shape index (κ2) is 7.75. The quantitative estimate of drug-likeness (QED) is 0.729. The van der Waals surface area contributed by atoms with Crippen LogP contribution in [0, 0.1) is 5.82 Å². The van der Waals surface area contributed by atoms with Crippen LogP contribution in [0.5, 0.6) is 11.5 Å². The summed E-state index contributed by atoms with van der Waals surface area (Å²) in [5, 5.41) is 0. The second-order valence-corrected chi connectivity index (χ2v) is 6.26. The van der Waals surface area contributed by atoms with Crippen molar-refractivity contribution in [1.29, 1.82) is 0 Å². The lowest BCUT2D eigenvalue weighted by molar-refractivity contribution is -0.123. The minimum Gasteiger partial charge on any atom is -0.497 e. The average Bonchev–Trinajstić information content (AvgIpc) is 2.58. The number of methoxy groups -OCH3 is 1. The van der Waals surface area contributed by atoms with Gasteiger partial charge in [-0.05, 0) is 36.4 Å². The molecule has 9 heteroatoms. The Morgan fingerprint density at radius 2 is 1.83 bits per heavy atom. The number of ether oxygens (including phenoxy) is 2. The third-order valence-corrected chi connectivity index (χ3v) is 4.12. The molecule has 24 heavy (non-hydrogen) atoms. The van der Waals surface area contributed by atoms with Crippen LogP contribution < -0.4 is 19.7 Å². The lowest BCUT2D eigenvalue weighted by atomic mass is 10.3. The number of hydrazine groups is 1. The minimum atomic E-state index is -3.92. The first-order valence-electron chi connectivity index (χ1n) is 6.74. The predicted octanol–water partition coefficient (Wildman–Crippen LogP) is 1.22. The summed E-state index contributed by atoms with van der Waals surface area (Å²) in [6.45, 7) is -0.478. The molecule has 0 saturated carbocycles. The molecule has 0 aliphatic rings. The Morgan fingerprint density at radius 3 is 2.46 bits per heavy atom. The smallest absolute Gasteiger partial charge is 0.272 e. The number of sulfonamides is 1. The third kappa shape index (κ3) is 4.93. The van der Waals surface area contributed by atoms with Crippen LogP contribution >= 0.6 is 0 Å². The Hall–Kier alpha value is -2.65. The van der Waals surface area contributed by atoms with Gasteiger partial charge in [0.2, 0.25) is 0 Å². The largest absolute Gasteiger partial charge is 0.497 e. The molecular formula is C15H15FN2O5S. The number of amides is 1. The highest BCUT2D eigenvalue weighted by atomic mass is 32.2. The Labute approximate surface area is 138 Å². The number of benzene rings is 2. The van der Waals surface area contributed by atoms with E-state index in [1.807, 2.05) is 10.3 Å². The van der Waals surface area contributed by atoms with Gasteiger partial charge in [-0.25, -0.2) is 12.8 Å². The van der Waals surface area contributed by atoms with Gasteiger partial charge in [0.05, 0.1) is 12.0 Å². The van der Waals surface area contributed by atoms with Crippen LogP contribution in [-0.4, -0.2) is 28.0 Å². The fourth-order valence-electron chi connectivity index (χ4n) is 1.68. The third-order valence-electron chi connectivity index (χ3n) is 2.86. The molecule has 7 nitrogen and oxygen atoms in total. The van der Waals surface area contributed by atoms with Crippen LogP contribution in [0.4, 0.5) is 4.39 Å². The molecule has 2 rings (SSSR count). The van der Waals surface area contributed by atoms with E-state index in [1.165, 1.54) is 49.6 Å². The van der Waals surface area contributed by atoms with Crippen LogP contribution in [0.2, 0.25) is 0 Å². The second-order valence-electron chi connectivity index (χ2n) is 4.58. The van der Waals surface area contributed by atoms with E-state index in [1.54, 1.807) is 0 Å². The maximum atomic E-state index is 13.0. The molecule has 0 bridgehead atoms. The Kier molecular flexibility index (Phi) is 5.72. The van der Waals surface area contributed by atoms with Gasteiger partial charge < -0.3 is 9.47 Å². The van der Waals surface area contributed by atoms with E-state index >= 15 is 0 Å². The summed E-state index contributed by atoms with van der Waals surface area (Å²) in [5.41, 5.74) is 2.01. The topological polar surface area (TPSA) is 93.7 Å². The lowest BCUT2D eigenvalue weighted by Gasteiger charge is -2.10. The van der Waals surface area contributed by atoms with E-state index in [0.29, 0.717) is 5.75 Å². The first-order chi connectivity index (χ1) is 11.4. The van der Waals surface area contributed by atoms with Crippen molar-refractivity contribution in [2.75, 3.05) is 13.7 Å². The first-order valence-corrected chi connectivity index (χ1v) is 8.22. The molecule has 0 aromatic heterocycles. The van der Waals surface area contributed by atoms with Gasteiger partial charge in [0, 0.05) is 6.07 Å². The van der Waals surface area contributed by atoms with Crippen molar-refractivity contribution in [2.45, 2.75) is 4.90 Å². The molecule has 0 atom stereocenters. The number of hydrogen-bond acceptors (Lipinski definition) is 5. The molecule has 2 aromatic carbocycles. The Balaban J connectivity index is 1.87. The van der Waals surface area contributed by atoms with Crippen molar-refractivity contribution in [2.24, 2.45) is 0 Å². The average molecular weight is 354 g/mol. The fourth-order valence-corrected chi connectivity index (χ4v) is 2.54. The molecule has 128 valence electrons. The molecular weight excluding hydrogens is 339 g/mol. The van der Waals surface area contributed by atoms with Crippen molar-refractivity contribution in [3.63, 3.8) is 0 Å². The lowest BCUT2D eigenvalue weighted by Crippen LogP contribution is -2.43. The normalized spacial score (nSPS) is 10.9. The molecule has 2 N–H and O–H groups in total. The van der Waals surface area contributed by atoms with Gasteiger partial charge in [-0.15, -0.1) is 4.83 Å². The van der Waals surface area contributed by atoms with E-state index in [2.05, 4.69) is 0 Å². The molecule has 0 heterocycles. The number of carbonyl (C=O) groups is 1. The van der Waals surface area contributed by atoms with Crippen LogP contribution in [0.3, 0.4) is 0 Å². The minimum absolute atomic E-state index is 0.0466. The highest BCUT2D eigenvalue weighted by molar-refractivity contribution is 7.89. The maximum absolute atomic E-state index is 13.0. The van der Waals surface area contributed by atoms with E-state index in [0.717, 1.165) is 6.07 Å². The number of carbonyl (C=O) groups excluding carboxylic acids is 1. The van der Waals surface area contributed by atoms with Gasteiger partial charge in [0.15, 0.2) is 6.61 Å². The zero-order valence-electron chi connectivity index (χ0n) is 12.7. The van der Waals surface area contributed by atoms with E-state index in [4.69, 9.17) is 9.47 Å². The van der Waals surface area contributed by atoms with Crippen LogP contribution in [0.1, 0.15) is 0 Å². The molecule has 0 aliphatic heterocycles. The molecule has 1 amide bonds.